The number of alkyl carbamates (subject to hydrolysis) is 1. The molecule has 1 aromatic heterocycles. The van der Waals surface area contributed by atoms with Crippen molar-refractivity contribution >= 4 is 6.09 Å². The molecule has 0 aliphatic rings. The number of hydrogen-bond acceptors (Lipinski definition) is 5. The van der Waals surface area contributed by atoms with Crippen molar-refractivity contribution in [2.24, 2.45) is 0 Å². The molecule has 20 heavy (non-hydrogen) atoms. The average molecular weight is 284 g/mol. The number of hydrogen-bond donors (Lipinski definition) is 4. The normalized spacial score (nSPS) is 14.4. The van der Waals surface area contributed by atoms with E-state index in [0.717, 1.165) is 0 Å². The number of H-pyrrole nitrogens is 1. The molecule has 7 nitrogen and oxygen atoms in total. The van der Waals surface area contributed by atoms with Gasteiger partial charge in [0.25, 0.3) is 0 Å². The number of aromatic nitrogens is 1. The molecule has 0 spiro atoms. The summed E-state index contributed by atoms with van der Waals surface area (Å²) in [7, 11) is 0. The monoisotopic (exact) mass is 284 g/mol. The van der Waals surface area contributed by atoms with Crippen molar-refractivity contribution in [1.82, 2.24) is 10.3 Å². The molecule has 0 radical (unpaired) electrons. The summed E-state index contributed by atoms with van der Waals surface area (Å²) >= 11 is 0. The zero-order chi connectivity index (χ0) is 15.3. The van der Waals surface area contributed by atoms with E-state index in [1.54, 1.807) is 20.8 Å². The van der Waals surface area contributed by atoms with Crippen LogP contribution in [-0.2, 0) is 4.74 Å². The smallest absolute Gasteiger partial charge is 0.407 e. The number of aromatic amines is 1. The lowest BCUT2D eigenvalue weighted by Gasteiger charge is -2.22. The van der Waals surface area contributed by atoms with Gasteiger partial charge in [0, 0.05) is 30.6 Å². The van der Waals surface area contributed by atoms with Gasteiger partial charge >= 0.3 is 6.09 Å². The Labute approximate surface area is 116 Å². The third kappa shape index (κ3) is 5.02. The predicted molar refractivity (Wildman–Crippen MR) is 72.3 cm³/mol. The molecule has 0 aliphatic carbocycles. The highest BCUT2D eigenvalue weighted by Gasteiger charge is 2.22. The zero-order valence-electron chi connectivity index (χ0n) is 11.7. The van der Waals surface area contributed by atoms with Crippen molar-refractivity contribution in [3.05, 3.63) is 34.2 Å². The maximum absolute atomic E-state index is 11.5. The lowest BCUT2D eigenvalue weighted by molar-refractivity contribution is 0.0123. The van der Waals surface area contributed by atoms with Crippen LogP contribution in [0.2, 0.25) is 0 Å². The van der Waals surface area contributed by atoms with Gasteiger partial charge in [-0.1, -0.05) is 0 Å². The fourth-order valence-electron chi connectivity index (χ4n) is 1.48. The molecule has 2 atom stereocenters. The molecule has 0 saturated heterocycles. The first kappa shape index (κ1) is 16.2. The summed E-state index contributed by atoms with van der Waals surface area (Å²) in [5, 5.41) is 21.9. The van der Waals surface area contributed by atoms with Crippen LogP contribution in [0.25, 0.3) is 0 Å². The summed E-state index contributed by atoms with van der Waals surface area (Å²) in [4.78, 5) is 25.5. The van der Waals surface area contributed by atoms with Crippen molar-refractivity contribution in [3.63, 3.8) is 0 Å². The number of carbonyl (C=O) groups is 1. The maximum Gasteiger partial charge on any atom is 0.407 e. The van der Waals surface area contributed by atoms with Gasteiger partial charge in [0.15, 0.2) is 5.43 Å². The molecule has 0 aromatic carbocycles. The first-order valence-corrected chi connectivity index (χ1v) is 6.20. The Morgan fingerprint density at radius 2 is 2.10 bits per heavy atom. The topological polar surface area (TPSA) is 112 Å². The van der Waals surface area contributed by atoms with E-state index in [9.17, 15) is 19.8 Å². The summed E-state index contributed by atoms with van der Waals surface area (Å²) in [5.41, 5.74) is -1.01. The van der Waals surface area contributed by atoms with Gasteiger partial charge in [-0.3, -0.25) is 4.79 Å². The van der Waals surface area contributed by atoms with Gasteiger partial charge in [0.05, 0.1) is 0 Å². The van der Waals surface area contributed by atoms with Crippen molar-refractivity contribution in [3.8, 4) is 0 Å². The number of aliphatic hydroxyl groups is 2. The number of rotatable bonds is 4. The Morgan fingerprint density at radius 1 is 1.45 bits per heavy atom. The molecule has 112 valence electrons. The summed E-state index contributed by atoms with van der Waals surface area (Å²) in [5.74, 6) is 0. The molecule has 1 amide bonds. The second-order valence-electron chi connectivity index (χ2n) is 5.36. The van der Waals surface area contributed by atoms with Crippen molar-refractivity contribution in [2.45, 2.75) is 38.6 Å². The fraction of sp³-hybridized carbons (Fsp3) is 0.538. The zero-order valence-corrected chi connectivity index (χ0v) is 11.7. The number of carbonyl (C=O) groups excluding carboxylic acids is 1. The molecule has 4 N–H and O–H groups in total. The lowest BCUT2D eigenvalue weighted by Crippen LogP contribution is -2.39. The Hall–Kier alpha value is -1.86. The minimum absolute atomic E-state index is 0.0333. The molecular weight excluding hydrogens is 264 g/mol. The standard InChI is InChI=1S/C13H20N2O5/c1-13(2,3)20-12(19)15-7-10(17)11(18)8-6-14-5-4-9(8)16/h4-6,10-11,17-18H,7H2,1-3H3,(H,14,16)(H,15,19). The first-order valence-electron chi connectivity index (χ1n) is 6.20. The largest absolute Gasteiger partial charge is 0.444 e. The lowest BCUT2D eigenvalue weighted by atomic mass is 10.1. The van der Waals surface area contributed by atoms with E-state index in [0.29, 0.717) is 0 Å². The average Bonchev–Trinajstić information content (AvgIpc) is 2.33. The SMILES string of the molecule is CC(C)(C)OC(=O)NCC(O)C(O)c1c[nH]ccc1=O. The number of ether oxygens (including phenoxy) is 1. The Bertz CT molecular complexity index is 506. The van der Waals surface area contributed by atoms with Gasteiger partial charge in [-0.05, 0) is 20.8 Å². The second kappa shape index (κ2) is 6.53. The fourth-order valence-corrected chi connectivity index (χ4v) is 1.48. The van der Waals surface area contributed by atoms with Crippen molar-refractivity contribution < 1.29 is 19.7 Å². The molecule has 1 rings (SSSR count). The van der Waals surface area contributed by atoms with E-state index in [4.69, 9.17) is 4.74 Å². The number of amides is 1. The molecule has 0 fully saturated rings. The molecule has 2 unspecified atom stereocenters. The Kier molecular flexibility index (Phi) is 5.29. The maximum atomic E-state index is 11.5. The van der Waals surface area contributed by atoms with Crippen LogP contribution in [0.15, 0.2) is 23.3 Å². The molecule has 0 aliphatic heterocycles. The molecule has 1 heterocycles. The van der Waals surface area contributed by atoms with Gasteiger partial charge in [-0.2, -0.15) is 0 Å². The minimum atomic E-state index is -1.39. The molecule has 0 saturated carbocycles. The van der Waals surface area contributed by atoms with Gasteiger partial charge in [0.1, 0.15) is 17.8 Å². The number of aliphatic hydroxyl groups excluding tert-OH is 2. The summed E-state index contributed by atoms with van der Waals surface area (Å²) in [6, 6.07) is 1.24. The third-order valence-corrected chi connectivity index (χ3v) is 2.39. The number of pyridine rings is 1. The van der Waals surface area contributed by atoms with Gasteiger partial charge in [-0.15, -0.1) is 0 Å². The van der Waals surface area contributed by atoms with E-state index in [1.165, 1.54) is 18.5 Å². The quantitative estimate of drug-likeness (QED) is 0.635. The molecule has 7 heteroatoms. The van der Waals surface area contributed by atoms with Crippen LogP contribution in [0, 0.1) is 0 Å². The highest BCUT2D eigenvalue weighted by Crippen LogP contribution is 2.12. The van der Waals surface area contributed by atoms with E-state index >= 15 is 0 Å². The summed E-state index contributed by atoms with van der Waals surface area (Å²) < 4.78 is 4.99. The molecular formula is C13H20N2O5. The minimum Gasteiger partial charge on any atom is -0.444 e. The van der Waals surface area contributed by atoms with E-state index in [1.807, 2.05) is 0 Å². The van der Waals surface area contributed by atoms with Gasteiger partial charge in [-0.25, -0.2) is 4.79 Å². The van der Waals surface area contributed by atoms with Crippen LogP contribution in [0.4, 0.5) is 4.79 Å². The van der Waals surface area contributed by atoms with Crippen LogP contribution in [0.3, 0.4) is 0 Å². The Balaban J connectivity index is 2.55. The Morgan fingerprint density at radius 3 is 2.65 bits per heavy atom. The van der Waals surface area contributed by atoms with Crippen LogP contribution in [-0.4, -0.2) is 39.5 Å². The van der Waals surface area contributed by atoms with Gasteiger partial charge in [0.2, 0.25) is 0 Å². The van der Waals surface area contributed by atoms with Crippen LogP contribution in [0.5, 0.6) is 0 Å². The van der Waals surface area contributed by atoms with E-state index < -0.39 is 29.3 Å². The van der Waals surface area contributed by atoms with Crippen molar-refractivity contribution in [1.29, 1.82) is 0 Å². The second-order valence-corrected chi connectivity index (χ2v) is 5.36. The highest BCUT2D eigenvalue weighted by molar-refractivity contribution is 5.67. The van der Waals surface area contributed by atoms with E-state index in [2.05, 4.69) is 10.3 Å². The molecule has 1 aromatic rings. The number of nitrogens with one attached hydrogen (secondary N) is 2. The third-order valence-electron chi connectivity index (χ3n) is 2.39. The first-order chi connectivity index (χ1) is 9.20. The van der Waals surface area contributed by atoms with Crippen molar-refractivity contribution in [2.75, 3.05) is 6.54 Å². The van der Waals surface area contributed by atoms with E-state index in [-0.39, 0.29) is 12.1 Å². The van der Waals surface area contributed by atoms with Crippen LogP contribution in [0.1, 0.15) is 32.4 Å². The van der Waals surface area contributed by atoms with Crippen LogP contribution >= 0.6 is 0 Å². The molecule has 0 bridgehead atoms. The summed E-state index contributed by atoms with van der Waals surface area (Å²) in [6.45, 7) is 4.90. The summed E-state index contributed by atoms with van der Waals surface area (Å²) in [6.07, 6.45) is -0.681. The van der Waals surface area contributed by atoms with Crippen LogP contribution < -0.4 is 10.7 Å². The highest BCUT2D eigenvalue weighted by atomic mass is 16.6. The predicted octanol–water partition coefficient (Wildman–Crippen LogP) is 0.294. The van der Waals surface area contributed by atoms with Gasteiger partial charge < -0.3 is 25.3 Å².